The molecule has 0 aliphatic heterocycles. The molecular weight excluding hydrogens is 260 g/mol. The first-order chi connectivity index (χ1) is 9.30. The number of rotatable bonds is 3. The van der Waals surface area contributed by atoms with E-state index in [0.29, 0.717) is 12.2 Å². The molecule has 6 heteroatoms. The molecule has 1 aromatic rings. The molecule has 0 aromatic heterocycles. The van der Waals surface area contributed by atoms with Crippen LogP contribution in [-0.2, 0) is 16.0 Å². The average molecular weight is 280 g/mol. The zero-order valence-corrected chi connectivity index (χ0v) is 12.1. The molecule has 0 aliphatic carbocycles. The number of anilines is 1. The maximum Gasteiger partial charge on any atom is 0.411 e. The van der Waals surface area contributed by atoms with Crippen molar-refractivity contribution in [3.8, 4) is 0 Å². The van der Waals surface area contributed by atoms with E-state index in [2.05, 4.69) is 15.4 Å². The summed E-state index contributed by atoms with van der Waals surface area (Å²) in [7, 11) is 1.29. The van der Waals surface area contributed by atoms with Crippen molar-refractivity contribution in [2.75, 3.05) is 12.4 Å². The first-order valence-electron chi connectivity index (χ1n) is 6.21. The monoisotopic (exact) mass is 280 g/mol. The lowest BCUT2D eigenvalue weighted by atomic mass is 10.2. The van der Waals surface area contributed by atoms with Crippen LogP contribution < -0.4 is 10.6 Å². The molecule has 0 unspecified atom stereocenters. The second-order valence-electron chi connectivity index (χ2n) is 5.17. The topological polar surface area (TPSA) is 76.7 Å². The number of benzene rings is 1. The van der Waals surface area contributed by atoms with Crippen LogP contribution in [0.5, 0.6) is 0 Å². The Kier molecular flexibility index (Phi) is 5.37. The molecule has 0 heterocycles. The Bertz CT molecular complexity index is 480. The summed E-state index contributed by atoms with van der Waals surface area (Å²) in [4.78, 5) is 22.6. The molecule has 20 heavy (non-hydrogen) atoms. The summed E-state index contributed by atoms with van der Waals surface area (Å²) in [5, 5.41) is 5.20. The molecule has 2 N–H and O–H groups in total. The lowest BCUT2D eigenvalue weighted by Crippen LogP contribution is -2.32. The molecule has 0 aliphatic rings. The van der Waals surface area contributed by atoms with Crippen LogP contribution in [-0.4, -0.2) is 24.9 Å². The van der Waals surface area contributed by atoms with Crippen LogP contribution in [0.15, 0.2) is 24.3 Å². The largest absolute Gasteiger partial charge is 0.453 e. The van der Waals surface area contributed by atoms with Gasteiger partial charge in [0.15, 0.2) is 0 Å². The van der Waals surface area contributed by atoms with Gasteiger partial charge in [-0.2, -0.15) is 0 Å². The summed E-state index contributed by atoms with van der Waals surface area (Å²) < 4.78 is 9.64. The van der Waals surface area contributed by atoms with E-state index in [9.17, 15) is 9.59 Å². The van der Waals surface area contributed by atoms with Gasteiger partial charge in [-0.05, 0) is 38.5 Å². The molecule has 0 bridgehead atoms. The van der Waals surface area contributed by atoms with Crippen molar-refractivity contribution in [1.82, 2.24) is 5.32 Å². The zero-order valence-electron chi connectivity index (χ0n) is 12.1. The molecule has 0 saturated carbocycles. The Morgan fingerprint density at radius 3 is 2.50 bits per heavy atom. The average Bonchev–Trinajstić information content (AvgIpc) is 2.34. The Morgan fingerprint density at radius 2 is 1.90 bits per heavy atom. The number of hydrogen-bond donors (Lipinski definition) is 2. The minimum absolute atomic E-state index is 0.311. The summed E-state index contributed by atoms with van der Waals surface area (Å²) in [5.41, 5.74) is 0.906. The number of carbonyl (C=O) groups excluding carboxylic acids is 2. The summed E-state index contributed by atoms with van der Waals surface area (Å²) in [6.07, 6.45) is -1.02. The van der Waals surface area contributed by atoms with E-state index in [1.54, 1.807) is 39.0 Å². The molecule has 0 saturated heterocycles. The van der Waals surface area contributed by atoms with Crippen LogP contribution in [0, 0.1) is 0 Å². The Balaban J connectivity index is 2.54. The second-order valence-corrected chi connectivity index (χ2v) is 5.17. The van der Waals surface area contributed by atoms with E-state index in [0.717, 1.165) is 5.56 Å². The molecule has 0 fully saturated rings. The summed E-state index contributed by atoms with van der Waals surface area (Å²) in [6, 6.07) is 7.08. The maximum atomic E-state index is 11.5. The number of alkyl carbamates (subject to hydrolysis) is 1. The molecule has 2 amide bonds. The molecule has 0 spiro atoms. The van der Waals surface area contributed by atoms with Gasteiger partial charge in [0, 0.05) is 12.2 Å². The van der Waals surface area contributed by atoms with Crippen molar-refractivity contribution in [3.05, 3.63) is 29.8 Å². The van der Waals surface area contributed by atoms with Crippen molar-refractivity contribution in [1.29, 1.82) is 0 Å². The van der Waals surface area contributed by atoms with Crippen molar-refractivity contribution >= 4 is 17.9 Å². The van der Waals surface area contributed by atoms with Gasteiger partial charge in [-0.15, -0.1) is 0 Å². The van der Waals surface area contributed by atoms with Crippen LogP contribution in [0.2, 0.25) is 0 Å². The first-order valence-corrected chi connectivity index (χ1v) is 6.21. The SMILES string of the molecule is COC(=O)Nc1cccc(CNC(=O)OC(C)(C)C)c1. The Labute approximate surface area is 118 Å². The predicted octanol–water partition coefficient (Wildman–Crippen LogP) is 2.89. The highest BCUT2D eigenvalue weighted by Crippen LogP contribution is 2.11. The van der Waals surface area contributed by atoms with Gasteiger partial charge in [-0.25, -0.2) is 9.59 Å². The maximum absolute atomic E-state index is 11.5. The van der Waals surface area contributed by atoms with Crippen LogP contribution >= 0.6 is 0 Å². The predicted molar refractivity (Wildman–Crippen MR) is 75.5 cm³/mol. The second kappa shape index (κ2) is 6.79. The lowest BCUT2D eigenvalue weighted by Gasteiger charge is -2.19. The third kappa shape index (κ3) is 6.08. The number of amides is 2. The highest BCUT2D eigenvalue weighted by molar-refractivity contribution is 5.84. The quantitative estimate of drug-likeness (QED) is 0.892. The van der Waals surface area contributed by atoms with E-state index in [-0.39, 0.29) is 0 Å². The van der Waals surface area contributed by atoms with Gasteiger partial charge >= 0.3 is 12.2 Å². The van der Waals surface area contributed by atoms with Crippen LogP contribution in [0.1, 0.15) is 26.3 Å². The lowest BCUT2D eigenvalue weighted by molar-refractivity contribution is 0.0523. The van der Waals surface area contributed by atoms with Gasteiger partial charge in [0.1, 0.15) is 5.60 Å². The summed E-state index contributed by atoms with van der Waals surface area (Å²) in [6.45, 7) is 5.71. The highest BCUT2D eigenvalue weighted by Gasteiger charge is 2.15. The fourth-order valence-electron chi connectivity index (χ4n) is 1.42. The Hall–Kier alpha value is -2.24. The number of ether oxygens (including phenoxy) is 2. The van der Waals surface area contributed by atoms with Crippen LogP contribution in [0.4, 0.5) is 15.3 Å². The van der Waals surface area contributed by atoms with Crippen molar-refractivity contribution < 1.29 is 19.1 Å². The van der Waals surface area contributed by atoms with Crippen molar-refractivity contribution in [2.45, 2.75) is 32.9 Å². The fourth-order valence-corrected chi connectivity index (χ4v) is 1.42. The third-order valence-corrected chi connectivity index (χ3v) is 2.19. The number of methoxy groups -OCH3 is 1. The zero-order chi connectivity index (χ0) is 15.2. The number of nitrogens with one attached hydrogen (secondary N) is 2. The minimum Gasteiger partial charge on any atom is -0.453 e. The molecule has 0 atom stereocenters. The van der Waals surface area contributed by atoms with Gasteiger partial charge in [0.2, 0.25) is 0 Å². The number of carbonyl (C=O) groups is 2. The Morgan fingerprint density at radius 1 is 1.20 bits per heavy atom. The number of hydrogen-bond acceptors (Lipinski definition) is 4. The molecular formula is C14H20N2O4. The van der Waals surface area contributed by atoms with Gasteiger partial charge in [-0.1, -0.05) is 12.1 Å². The molecule has 1 aromatic carbocycles. The van der Waals surface area contributed by atoms with Gasteiger partial charge in [0.25, 0.3) is 0 Å². The third-order valence-electron chi connectivity index (χ3n) is 2.19. The highest BCUT2D eigenvalue weighted by atomic mass is 16.6. The van der Waals surface area contributed by atoms with Gasteiger partial charge < -0.3 is 14.8 Å². The van der Waals surface area contributed by atoms with E-state index in [4.69, 9.17) is 4.74 Å². The molecule has 110 valence electrons. The van der Waals surface area contributed by atoms with Gasteiger partial charge in [0.05, 0.1) is 7.11 Å². The van der Waals surface area contributed by atoms with E-state index in [1.165, 1.54) is 7.11 Å². The molecule has 6 nitrogen and oxygen atoms in total. The van der Waals surface area contributed by atoms with Crippen molar-refractivity contribution in [2.24, 2.45) is 0 Å². The van der Waals surface area contributed by atoms with Gasteiger partial charge in [-0.3, -0.25) is 5.32 Å². The molecule has 1 rings (SSSR count). The van der Waals surface area contributed by atoms with E-state index < -0.39 is 17.8 Å². The molecule has 0 radical (unpaired) electrons. The standard InChI is InChI=1S/C14H20N2O4/c1-14(2,3)20-12(17)15-9-10-6-5-7-11(8-10)16-13(18)19-4/h5-8H,9H2,1-4H3,(H,15,17)(H,16,18). The normalized spacial score (nSPS) is 10.6. The van der Waals surface area contributed by atoms with E-state index >= 15 is 0 Å². The van der Waals surface area contributed by atoms with E-state index in [1.807, 2.05) is 6.07 Å². The fraction of sp³-hybridized carbons (Fsp3) is 0.429. The smallest absolute Gasteiger partial charge is 0.411 e. The summed E-state index contributed by atoms with van der Waals surface area (Å²) in [5.74, 6) is 0. The van der Waals surface area contributed by atoms with Crippen molar-refractivity contribution in [3.63, 3.8) is 0 Å². The summed E-state index contributed by atoms with van der Waals surface area (Å²) >= 11 is 0. The van der Waals surface area contributed by atoms with Crippen LogP contribution in [0.3, 0.4) is 0 Å². The van der Waals surface area contributed by atoms with Crippen LogP contribution in [0.25, 0.3) is 0 Å². The minimum atomic E-state index is -0.540. The first kappa shape index (κ1) is 15.8.